The molecule has 0 radical (unpaired) electrons. The zero-order valence-electron chi connectivity index (χ0n) is 18.5. The number of sulfonamides is 1. The van der Waals surface area contributed by atoms with Crippen molar-refractivity contribution in [2.75, 3.05) is 45.1 Å². The SMILES string of the molecule is Cc1ccc(C(C)CNC(=O)Nc2cccc(S(=O)(=O)N3CCCN(C)CC3)c2)cc1. The predicted octanol–water partition coefficient (Wildman–Crippen LogP) is 3.25. The van der Waals surface area contributed by atoms with Crippen LogP contribution in [0.1, 0.15) is 30.4 Å². The summed E-state index contributed by atoms with van der Waals surface area (Å²) in [5.74, 6) is 0.166. The standard InChI is InChI=1S/C23H32N4O3S/c1-18-8-10-20(11-9-18)19(2)17-24-23(28)25-21-6-4-7-22(16-21)31(29,30)27-13-5-12-26(3)14-15-27/h4,6-11,16,19H,5,12-15,17H2,1-3H3,(H2,24,25,28). The van der Waals surface area contributed by atoms with Gasteiger partial charge in [0.05, 0.1) is 4.90 Å². The van der Waals surface area contributed by atoms with Crippen molar-refractivity contribution in [3.63, 3.8) is 0 Å². The topological polar surface area (TPSA) is 81.8 Å². The molecule has 1 atom stereocenters. The van der Waals surface area contributed by atoms with E-state index in [4.69, 9.17) is 0 Å². The second-order valence-corrected chi connectivity index (χ2v) is 10.2. The van der Waals surface area contributed by atoms with E-state index < -0.39 is 10.0 Å². The first-order valence-corrected chi connectivity index (χ1v) is 12.1. The molecule has 0 saturated carbocycles. The molecule has 3 rings (SSSR count). The first kappa shape index (κ1) is 23.2. The Morgan fingerprint density at radius 3 is 2.55 bits per heavy atom. The molecule has 8 heteroatoms. The molecular weight excluding hydrogens is 412 g/mol. The zero-order valence-corrected chi connectivity index (χ0v) is 19.3. The summed E-state index contributed by atoms with van der Waals surface area (Å²) < 4.78 is 27.6. The van der Waals surface area contributed by atoms with Gasteiger partial charge < -0.3 is 15.5 Å². The molecule has 168 valence electrons. The quantitative estimate of drug-likeness (QED) is 0.717. The molecule has 1 unspecified atom stereocenters. The maximum Gasteiger partial charge on any atom is 0.319 e. The zero-order chi connectivity index (χ0) is 22.4. The van der Waals surface area contributed by atoms with Crippen LogP contribution in [0.25, 0.3) is 0 Å². The van der Waals surface area contributed by atoms with E-state index in [1.165, 1.54) is 15.9 Å². The number of amides is 2. The van der Waals surface area contributed by atoms with E-state index in [-0.39, 0.29) is 16.8 Å². The number of nitrogens with one attached hydrogen (secondary N) is 2. The molecule has 1 fully saturated rings. The molecule has 2 N–H and O–H groups in total. The highest BCUT2D eigenvalue weighted by atomic mass is 32.2. The maximum atomic E-state index is 13.1. The third-order valence-corrected chi connectivity index (χ3v) is 7.52. The lowest BCUT2D eigenvalue weighted by Gasteiger charge is -2.20. The molecule has 0 aliphatic carbocycles. The largest absolute Gasteiger partial charge is 0.337 e. The Hall–Kier alpha value is -2.42. The number of aryl methyl sites for hydroxylation is 1. The average molecular weight is 445 g/mol. The molecule has 2 amide bonds. The van der Waals surface area contributed by atoms with E-state index >= 15 is 0 Å². The molecule has 1 aliphatic rings. The van der Waals surface area contributed by atoms with E-state index in [0.717, 1.165) is 18.5 Å². The van der Waals surface area contributed by atoms with Crippen molar-refractivity contribution >= 4 is 21.7 Å². The van der Waals surface area contributed by atoms with Gasteiger partial charge in [0, 0.05) is 31.9 Å². The number of benzene rings is 2. The molecule has 7 nitrogen and oxygen atoms in total. The summed E-state index contributed by atoms with van der Waals surface area (Å²) in [5.41, 5.74) is 2.80. The molecule has 2 aromatic carbocycles. The summed E-state index contributed by atoms with van der Waals surface area (Å²) in [4.78, 5) is 14.7. The van der Waals surface area contributed by atoms with Crippen molar-refractivity contribution in [2.24, 2.45) is 0 Å². The van der Waals surface area contributed by atoms with Crippen LogP contribution in [0, 0.1) is 6.92 Å². The summed E-state index contributed by atoms with van der Waals surface area (Å²) in [6.07, 6.45) is 0.801. The number of carbonyl (C=O) groups is 1. The molecule has 31 heavy (non-hydrogen) atoms. The summed E-state index contributed by atoms with van der Waals surface area (Å²) in [6.45, 7) is 7.13. The molecule has 0 aromatic heterocycles. The Bertz CT molecular complexity index is 992. The summed E-state index contributed by atoms with van der Waals surface area (Å²) in [5, 5.41) is 5.61. The van der Waals surface area contributed by atoms with E-state index in [1.54, 1.807) is 18.2 Å². The highest BCUT2D eigenvalue weighted by Crippen LogP contribution is 2.21. The second kappa shape index (κ2) is 10.3. The Labute approximate surface area is 185 Å². The molecule has 0 bridgehead atoms. The number of urea groups is 1. The van der Waals surface area contributed by atoms with Gasteiger partial charge in [-0.25, -0.2) is 13.2 Å². The highest BCUT2D eigenvalue weighted by molar-refractivity contribution is 7.89. The van der Waals surface area contributed by atoms with Crippen LogP contribution in [0.5, 0.6) is 0 Å². The minimum Gasteiger partial charge on any atom is -0.337 e. The number of anilines is 1. The monoisotopic (exact) mass is 444 g/mol. The van der Waals surface area contributed by atoms with Crippen molar-refractivity contribution in [3.8, 4) is 0 Å². The van der Waals surface area contributed by atoms with E-state index in [2.05, 4.69) is 46.7 Å². The Morgan fingerprint density at radius 2 is 1.81 bits per heavy atom. The van der Waals surface area contributed by atoms with Gasteiger partial charge in [0.1, 0.15) is 0 Å². The average Bonchev–Trinajstić information content (AvgIpc) is 2.97. The third-order valence-electron chi connectivity index (χ3n) is 5.62. The fourth-order valence-corrected chi connectivity index (χ4v) is 5.10. The van der Waals surface area contributed by atoms with E-state index in [1.807, 2.05) is 14.0 Å². The van der Waals surface area contributed by atoms with Crippen LogP contribution < -0.4 is 10.6 Å². The molecule has 1 heterocycles. The van der Waals surface area contributed by atoms with Crippen molar-refractivity contribution in [3.05, 3.63) is 59.7 Å². The fourth-order valence-electron chi connectivity index (χ4n) is 3.58. The van der Waals surface area contributed by atoms with Gasteiger partial charge in [-0.1, -0.05) is 42.8 Å². The molecular formula is C23H32N4O3S. The van der Waals surface area contributed by atoms with Crippen molar-refractivity contribution < 1.29 is 13.2 Å². The predicted molar refractivity (Wildman–Crippen MR) is 124 cm³/mol. The number of nitrogens with zero attached hydrogens (tertiary/aromatic N) is 2. The van der Waals surface area contributed by atoms with Crippen LogP contribution >= 0.6 is 0 Å². The van der Waals surface area contributed by atoms with E-state index in [0.29, 0.717) is 31.9 Å². The summed E-state index contributed by atoms with van der Waals surface area (Å²) >= 11 is 0. The van der Waals surface area contributed by atoms with Crippen molar-refractivity contribution in [2.45, 2.75) is 31.1 Å². The molecule has 0 spiro atoms. The third kappa shape index (κ3) is 6.29. The lowest BCUT2D eigenvalue weighted by molar-refractivity contribution is 0.251. The minimum atomic E-state index is -3.60. The number of hydrogen-bond donors (Lipinski definition) is 2. The Morgan fingerprint density at radius 1 is 1.06 bits per heavy atom. The first-order chi connectivity index (χ1) is 14.8. The van der Waals surface area contributed by atoms with Crippen LogP contribution in [0.2, 0.25) is 0 Å². The van der Waals surface area contributed by atoms with Crippen LogP contribution in [0.4, 0.5) is 10.5 Å². The molecule has 1 aliphatic heterocycles. The van der Waals surface area contributed by atoms with Crippen LogP contribution in [-0.2, 0) is 10.0 Å². The van der Waals surface area contributed by atoms with Gasteiger partial charge in [0.25, 0.3) is 0 Å². The first-order valence-electron chi connectivity index (χ1n) is 10.7. The number of hydrogen-bond acceptors (Lipinski definition) is 4. The molecule has 1 saturated heterocycles. The van der Waals surface area contributed by atoms with Crippen LogP contribution in [0.15, 0.2) is 53.4 Å². The maximum absolute atomic E-state index is 13.1. The highest BCUT2D eigenvalue weighted by Gasteiger charge is 2.26. The lowest BCUT2D eigenvalue weighted by Crippen LogP contribution is -2.34. The smallest absolute Gasteiger partial charge is 0.319 e. The van der Waals surface area contributed by atoms with Gasteiger partial charge in [-0.15, -0.1) is 0 Å². The van der Waals surface area contributed by atoms with Gasteiger partial charge in [0.2, 0.25) is 10.0 Å². The van der Waals surface area contributed by atoms with Gasteiger partial charge in [-0.05, 0) is 56.6 Å². The number of carbonyl (C=O) groups excluding carboxylic acids is 1. The Kier molecular flexibility index (Phi) is 7.69. The minimum absolute atomic E-state index is 0.166. The Balaban J connectivity index is 1.60. The summed E-state index contributed by atoms with van der Waals surface area (Å²) in [7, 11) is -1.60. The van der Waals surface area contributed by atoms with Crippen LogP contribution in [0.3, 0.4) is 0 Å². The second-order valence-electron chi connectivity index (χ2n) is 8.24. The molecule has 2 aromatic rings. The van der Waals surface area contributed by atoms with Crippen molar-refractivity contribution in [1.82, 2.24) is 14.5 Å². The summed E-state index contributed by atoms with van der Waals surface area (Å²) in [6, 6.07) is 14.3. The van der Waals surface area contributed by atoms with E-state index in [9.17, 15) is 13.2 Å². The van der Waals surface area contributed by atoms with Gasteiger partial charge >= 0.3 is 6.03 Å². The van der Waals surface area contributed by atoms with Crippen molar-refractivity contribution in [1.29, 1.82) is 0 Å². The van der Waals surface area contributed by atoms with Crippen LogP contribution in [-0.4, -0.2) is 63.4 Å². The number of rotatable bonds is 6. The van der Waals surface area contributed by atoms with Gasteiger partial charge in [-0.2, -0.15) is 4.31 Å². The van der Waals surface area contributed by atoms with Gasteiger partial charge in [0.15, 0.2) is 0 Å². The fraction of sp³-hybridized carbons (Fsp3) is 0.435. The van der Waals surface area contributed by atoms with Gasteiger partial charge in [-0.3, -0.25) is 0 Å². The number of likely N-dealkylation sites (N-methyl/N-ethyl adjacent to an activating group) is 1. The normalized spacial score (nSPS) is 17.0. The lowest BCUT2D eigenvalue weighted by atomic mass is 10.0.